The van der Waals surface area contributed by atoms with Crippen molar-refractivity contribution in [1.82, 2.24) is 0 Å². The lowest BCUT2D eigenvalue weighted by atomic mass is 9.77. The number of sulfone groups is 1. The summed E-state index contributed by atoms with van der Waals surface area (Å²) in [5.74, 6) is -0.0594. The van der Waals surface area contributed by atoms with Gasteiger partial charge in [0, 0.05) is 13.2 Å². The summed E-state index contributed by atoms with van der Waals surface area (Å²) in [5, 5.41) is 0. The molecule has 2 aliphatic heterocycles. The highest BCUT2D eigenvalue weighted by molar-refractivity contribution is 7.91. The van der Waals surface area contributed by atoms with Gasteiger partial charge in [0.2, 0.25) is 0 Å². The van der Waals surface area contributed by atoms with Crippen LogP contribution in [0, 0.1) is 5.41 Å². The molecule has 0 spiro atoms. The monoisotopic (exact) mass is 418 g/mol. The Morgan fingerprint density at radius 2 is 1.75 bits per heavy atom. The van der Waals surface area contributed by atoms with Crippen molar-refractivity contribution in [2.75, 3.05) is 24.7 Å². The molecule has 0 amide bonds. The number of hydrogen-bond donors (Lipinski definition) is 0. The van der Waals surface area contributed by atoms with Gasteiger partial charge in [0.1, 0.15) is 15.4 Å². The molecule has 2 aliphatic rings. The van der Waals surface area contributed by atoms with E-state index in [0.717, 1.165) is 45.1 Å². The van der Waals surface area contributed by atoms with Gasteiger partial charge in [-0.15, -0.1) is 0 Å². The van der Waals surface area contributed by atoms with Gasteiger partial charge in [0.15, 0.2) is 6.29 Å². The molecule has 0 radical (unpaired) electrons. The first-order valence-electron chi connectivity index (χ1n) is 10.8. The summed E-state index contributed by atoms with van der Waals surface area (Å²) in [6, 6.07) is 0. The second-order valence-corrected chi connectivity index (χ2v) is 11.6. The SMILES string of the molecule is CC(C)(C)OC(=O)C1(CCCCCCOC2CCCCO2)CCS(=O)(=O)CC1. The first-order valence-corrected chi connectivity index (χ1v) is 12.6. The number of carbonyl (C=O) groups is 1. The highest BCUT2D eigenvalue weighted by Crippen LogP contribution is 2.40. The molecular weight excluding hydrogens is 380 g/mol. The van der Waals surface area contributed by atoms with Crippen molar-refractivity contribution in [2.45, 2.75) is 96.9 Å². The molecule has 0 saturated carbocycles. The number of ether oxygens (including phenoxy) is 3. The molecule has 2 saturated heterocycles. The maximum Gasteiger partial charge on any atom is 0.312 e. The molecular formula is C21H38O6S. The van der Waals surface area contributed by atoms with Gasteiger partial charge in [0.25, 0.3) is 0 Å². The highest BCUT2D eigenvalue weighted by atomic mass is 32.2. The normalized spacial score (nSPS) is 24.6. The van der Waals surface area contributed by atoms with Crippen LogP contribution in [0.15, 0.2) is 0 Å². The van der Waals surface area contributed by atoms with Crippen LogP contribution in [-0.2, 0) is 28.8 Å². The summed E-state index contributed by atoms with van der Waals surface area (Å²) in [7, 11) is -3.02. The van der Waals surface area contributed by atoms with E-state index in [-0.39, 0.29) is 23.8 Å². The summed E-state index contributed by atoms with van der Waals surface area (Å²) in [4.78, 5) is 12.8. The lowest BCUT2D eigenvalue weighted by molar-refractivity contribution is -0.169. The highest BCUT2D eigenvalue weighted by Gasteiger charge is 2.45. The molecule has 6 nitrogen and oxygen atoms in total. The fourth-order valence-corrected chi connectivity index (χ4v) is 5.46. The van der Waals surface area contributed by atoms with Crippen molar-refractivity contribution in [2.24, 2.45) is 5.41 Å². The van der Waals surface area contributed by atoms with Crippen LogP contribution in [0.4, 0.5) is 0 Å². The number of unbranched alkanes of at least 4 members (excludes halogenated alkanes) is 3. The predicted octanol–water partition coefficient (Wildman–Crippen LogP) is 4.02. The second kappa shape index (κ2) is 10.4. The third-order valence-corrected chi connectivity index (χ3v) is 7.26. The first-order chi connectivity index (χ1) is 13.1. The molecule has 0 aromatic rings. The van der Waals surface area contributed by atoms with Crippen molar-refractivity contribution in [1.29, 1.82) is 0 Å². The molecule has 0 aromatic carbocycles. The van der Waals surface area contributed by atoms with Crippen LogP contribution in [0.2, 0.25) is 0 Å². The Labute approximate surface area is 170 Å². The summed E-state index contributed by atoms with van der Waals surface area (Å²) in [6.07, 6.45) is 8.64. The Kier molecular flexibility index (Phi) is 8.77. The Balaban J connectivity index is 1.73. The summed E-state index contributed by atoms with van der Waals surface area (Å²) < 4.78 is 40.7. The van der Waals surface area contributed by atoms with E-state index in [0.29, 0.717) is 25.9 Å². The van der Waals surface area contributed by atoms with E-state index in [4.69, 9.17) is 14.2 Å². The largest absolute Gasteiger partial charge is 0.460 e. The van der Waals surface area contributed by atoms with E-state index in [1.54, 1.807) is 0 Å². The van der Waals surface area contributed by atoms with E-state index in [9.17, 15) is 13.2 Å². The molecule has 0 aromatic heterocycles. The van der Waals surface area contributed by atoms with Gasteiger partial charge < -0.3 is 14.2 Å². The van der Waals surface area contributed by atoms with Crippen LogP contribution in [0.1, 0.15) is 85.0 Å². The van der Waals surface area contributed by atoms with Gasteiger partial charge in [0.05, 0.1) is 16.9 Å². The van der Waals surface area contributed by atoms with Crippen LogP contribution >= 0.6 is 0 Å². The molecule has 0 aliphatic carbocycles. The lowest BCUT2D eigenvalue weighted by Crippen LogP contribution is -2.43. The second-order valence-electron chi connectivity index (χ2n) is 9.27. The molecule has 2 fully saturated rings. The minimum absolute atomic E-state index is 0.0339. The molecule has 164 valence electrons. The number of rotatable bonds is 9. The zero-order valence-corrected chi connectivity index (χ0v) is 18.7. The molecule has 1 unspecified atom stereocenters. The van der Waals surface area contributed by atoms with Crippen molar-refractivity contribution in [3.63, 3.8) is 0 Å². The number of esters is 1. The number of hydrogen-bond acceptors (Lipinski definition) is 6. The zero-order valence-electron chi connectivity index (χ0n) is 17.8. The summed E-state index contributed by atoms with van der Waals surface area (Å²) >= 11 is 0. The molecule has 2 rings (SSSR count). The molecule has 1 atom stereocenters. The molecule has 7 heteroatoms. The molecule has 0 N–H and O–H groups in total. The molecule has 2 heterocycles. The summed E-state index contributed by atoms with van der Waals surface area (Å²) in [5.41, 5.74) is -1.20. The minimum Gasteiger partial charge on any atom is -0.460 e. The zero-order chi connectivity index (χ0) is 20.7. The van der Waals surface area contributed by atoms with Crippen LogP contribution in [0.5, 0.6) is 0 Å². The standard InChI is InChI=1S/C21H38O6S/c1-20(2,3)27-19(22)21(12-16-28(23,24)17-13-21)11-7-4-5-8-14-25-18-10-6-9-15-26-18/h18H,4-17H2,1-3H3. The van der Waals surface area contributed by atoms with Crippen molar-refractivity contribution in [3.8, 4) is 0 Å². The van der Waals surface area contributed by atoms with E-state index < -0.39 is 20.9 Å². The maximum absolute atomic E-state index is 12.8. The van der Waals surface area contributed by atoms with Crippen LogP contribution in [-0.4, -0.2) is 51.0 Å². The van der Waals surface area contributed by atoms with Gasteiger partial charge in [-0.1, -0.05) is 19.3 Å². The average molecular weight is 419 g/mol. The Hall–Kier alpha value is -0.660. The van der Waals surface area contributed by atoms with Gasteiger partial charge >= 0.3 is 5.97 Å². The minimum atomic E-state index is -3.02. The maximum atomic E-state index is 12.8. The number of carbonyl (C=O) groups excluding carboxylic acids is 1. The Morgan fingerprint density at radius 1 is 1.07 bits per heavy atom. The smallest absolute Gasteiger partial charge is 0.312 e. The van der Waals surface area contributed by atoms with Crippen LogP contribution < -0.4 is 0 Å². The van der Waals surface area contributed by atoms with Crippen LogP contribution in [0.25, 0.3) is 0 Å². The van der Waals surface area contributed by atoms with E-state index in [1.807, 2.05) is 20.8 Å². The average Bonchev–Trinajstić information content (AvgIpc) is 2.62. The van der Waals surface area contributed by atoms with E-state index in [1.165, 1.54) is 6.42 Å². The van der Waals surface area contributed by atoms with E-state index in [2.05, 4.69) is 0 Å². The van der Waals surface area contributed by atoms with Gasteiger partial charge in [-0.3, -0.25) is 4.79 Å². The third-order valence-electron chi connectivity index (χ3n) is 5.61. The van der Waals surface area contributed by atoms with Crippen molar-refractivity contribution < 1.29 is 27.4 Å². The van der Waals surface area contributed by atoms with Gasteiger partial charge in [-0.05, 0) is 65.7 Å². The quantitative estimate of drug-likeness (QED) is 0.416. The fraction of sp³-hybridized carbons (Fsp3) is 0.952. The lowest BCUT2D eigenvalue weighted by Gasteiger charge is -2.37. The summed E-state index contributed by atoms with van der Waals surface area (Å²) in [6.45, 7) is 7.07. The predicted molar refractivity (Wildman–Crippen MR) is 109 cm³/mol. The third kappa shape index (κ3) is 7.99. The van der Waals surface area contributed by atoms with Crippen molar-refractivity contribution >= 4 is 15.8 Å². The topological polar surface area (TPSA) is 78.9 Å². The molecule has 28 heavy (non-hydrogen) atoms. The van der Waals surface area contributed by atoms with Gasteiger partial charge in [-0.25, -0.2) is 8.42 Å². The van der Waals surface area contributed by atoms with Crippen LogP contribution in [0.3, 0.4) is 0 Å². The van der Waals surface area contributed by atoms with Crippen molar-refractivity contribution in [3.05, 3.63) is 0 Å². The molecule has 0 bridgehead atoms. The fourth-order valence-electron chi connectivity index (χ4n) is 3.85. The Morgan fingerprint density at radius 3 is 2.36 bits per heavy atom. The van der Waals surface area contributed by atoms with Gasteiger partial charge in [-0.2, -0.15) is 0 Å². The van der Waals surface area contributed by atoms with E-state index >= 15 is 0 Å². The first kappa shape index (κ1) is 23.6. The Bertz CT molecular complexity index is 573.